The molecule has 16 heavy (non-hydrogen) atoms. The third-order valence-corrected chi connectivity index (χ3v) is 2.77. The van der Waals surface area contributed by atoms with Gasteiger partial charge in [0.25, 0.3) is 0 Å². The van der Waals surface area contributed by atoms with Crippen molar-refractivity contribution in [2.24, 2.45) is 5.92 Å². The molecule has 0 saturated carbocycles. The molecule has 1 aromatic heterocycles. The van der Waals surface area contributed by atoms with E-state index in [2.05, 4.69) is 4.98 Å². The van der Waals surface area contributed by atoms with Crippen LogP contribution in [0.2, 0.25) is 0 Å². The summed E-state index contributed by atoms with van der Waals surface area (Å²) in [5.41, 5.74) is 1.31. The van der Waals surface area contributed by atoms with Crippen molar-refractivity contribution < 1.29 is 9.90 Å². The zero-order valence-electron chi connectivity index (χ0n) is 9.72. The normalized spacial score (nSPS) is 12.3. The predicted octanol–water partition coefficient (Wildman–Crippen LogP) is 2.91. The minimum absolute atomic E-state index is 0.207. The topological polar surface area (TPSA) is 50.2 Å². The Morgan fingerprint density at radius 1 is 1.31 bits per heavy atom. The molecule has 0 aliphatic carbocycles. The molecule has 1 rings (SSSR count). The molecule has 0 bridgehead atoms. The predicted molar refractivity (Wildman–Crippen MR) is 63.2 cm³/mol. The van der Waals surface area contributed by atoms with Gasteiger partial charge in [-0.1, -0.05) is 19.8 Å². The van der Waals surface area contributed by atoms with E-state index in [9.17, 15) is 4.79 Å². The fourth-order valence-corrected chi connectivity index (χ4v) is 1.63. The van der Waals surface area contributed by atoms with Gasteiger partial charge in [0.2, 0.25) is 0 Å². The van der Waals surface area contributed by atoms with Crippen LogP contribution in [-0.4, -0.2) is 16.1 Å². The third kappa shape index (κ3) is 4.91. The highest BCUT2D eigenvalue weighted by molar-refractivity contribution is 5.69. The lowest BCUT2D eigenvalue weighted by molar-refractivity contribution is -0.141. The summed E-state index contributed by atoms with van der Waals surface area (Å²) in [6.07, 6.45) is 8.67. The minimum Gasteiger partial charge on any atom is -0.481 e. The lowest BCUT2D eigenvalue weighted by Crippen LogP contribution is -2.08. The van der Waals surface area contributed by atoms with Crippen molar-refractivity contribution in [1.29, 1.82) is 0 Å². The van der Waals surface area contributed by atoms with Crippen molar-refractivity contribution >= 4 is 5.97 Å². The van der Waals surface area contributed by atoms with Crippen LogP contribution in [-0.2, 0) is 11.2 Å². The number of aliphatic carboxylic acids is 1. The Morgan fingerprint density at radius 3 is 2.62 bits per heavy atom. The summed E-state index contributed by atoms with van der Waals surface area (Å²) in [6, 6.07) is 4.06. The van der Waals surface area contributed by atoms with E-state index in [0.29, 0.717) is 0 Å². The van der Waals surface area contributed by atoms with Crippen molar-refractivity contribution in [3.05, 3.63) is 30.1 Å². The minimum atomic E-state index is -0.686. The molecule has 0 spiro atoms. The number of rotatable bonds is 7. The average molecular weight is 221 g/mol. The van der Waals surface area contributed by atoms with Gasteiger partial charge in [0.05, 0.1) is 5.92 Å². The van der Waals surface area contributed by atoms with E-state index in [1.165, 1.54) is 5.56 Å². The molecule has 0 aromatic carbocycles. The second-order valence-electron chi connectivity index (χ2n) is 4.19. The maximum absolute atomic E-state index is 10.6. The standard InChI is InChI=1S/C13H19NO2/c1-11(13(15)16)5-3-2-4-6-12-7-9-14-10-8-12/h7-11H,2-6H2,1H3,(H,15,16). The van der Waals surface area contributed by atoms with Crippen LogP contribution in [0.15, 0.2) is 24.5 Å². The van der Waals surface area contributed by atoms with E-state index in [4.69, 9.17) is 5.11 Å². The molecule has 88 valence electrons. The first-order valence-electron chi connectivity index (χ1n) is 5.82. The molecule has 0 aliphatic heterocycles. The monoisotopic (exact) mass is 221 g/mol. The van der Waals surface area contributed by atoms with Crippen molar-refractivity contribution in [3.63, 3.8) is 0 Å². The number of hydrogen-bond acceptors (Lipinski definition) is 2. The number of aryl methyl sites for hydroxylation is 1. The van der Waals surface area contributed by atoms with Crippen LogP contribution in [0.25, 0.3) is 0 Å². The Balaban J connectivity index is 2.07. The number of unbranched alkanes of at least 4 members (excludes halogenated alkanes) is 2. The molecule has 1 N–H and O–H groups in total. The van der Waals surface area contributed by atoms with Crippen molar-refractivity contribution in [1.82, 2.24) is 4.98 Å². The summed E-state index contributed by atoms with van der Waals surface area (Å²) >= 11 is 0. The molecule has 3 heteroatoms. The first-order chi connectivity index (χ1) is 7.70. The fraction of sp³-hybridized carbons (Fsp3) is 0.538. The van der Waals surface area contributed by atoms with Gasteiger partial charge in [-0.2, -0.15) is 0 Å². The zero-order valence-corrected chi connectivity index (χ0v) is 9.72. The molecule has 1 aromatic rings. The van der Waals surface area contributed by atoms with Gasteiger partial charge in [-0.05, 0) is 37.0 Å². The van der Waals surface area contributed by atoms with Gasteiger partial charge in [-0.15, -0.1) is 0 Å². The SMILES string of the molecule is CC(CCCCCc1ccncc1)C(=O)O. The highest BCUT2D eigenvalue weighted by Crippen LogP contribution is 2.11. The molecular formula is C13H19NO2. The Kier molecular flexibility index (Phi) is 5.54. The first kappa shape index (κ1) is 12.7. The number of aromatic nitrogens is 1. The largest absolute Gasteiger partial charge is 0.481 e. The van der Waals surface area contributed by atoms with Gasteiger partial charge in [0, 0.05) is 12.4 Å². The van der Waals surface area contributed by atoms with Crippen molar-refractivity contribution in [3.8, 4) is 0 Å². The number of carboxylic acids is 1. The summed E-state index contributed by atoms with van der Waals surface area (Å²) in [7, 11) is 0. The summed E-state index contributed by atoms with van der Waals surface area (Å²) in [6.45, 7) is 1.77. The zero-order chi connectivity index (χ0) is 11.8. The lowest BCUT2D eigenvalue weighted by Gasteiger charge is -2.05. The average Bonchev–Trinajstić information content (AvgIpc) is 2.29. The number of nitrogens with zero attached hydrogens (tertiary/aromatic N) is 1. The molecule has 3 nitrogen and oxygen atoms in total. The maximum Gasteiger partial charge on any atom is 0.306 e. The Bertz CT molecular complexity index is 311. The molecule has 0 radical (unpaired) electrons. The van der Waals surface area contributed by atoms with Crippen molar-refractivity contribution in [2.75, 3.05) is 0 Å². The van der Waals surface area contributed by atoms with Gasteiger partial charge in [-0.3, -0.25) is 9.78 Å². The van der Waals surface area contributed by atoms with Crippen LogP contribution in [0, 0.1) is 5.92 Å². The first-order valence-corrected chi connectivity index (χ1v) is 5.82. The van der Waals surface area contributed by atoms with E-state index < -0.39 is 5.97 Å². The smallest absolute Gasteiger partial charge is 0.306 e. The van der Waals surface area contributed by atoms with Crippen LogP contribution >= 0.6 is 0 Å². The Morgan fingerprint density at radius 2 is 2.00 bits per heavy atom. The van der Waals surface area contributed by atoms with Crippen LogP contribution < -0.4 is 0 Å². The third-order valence-electron chi connectivity index (χ3n) is 2.77. The van der Waals surface area contributed by atoms with Crippen molar-refractivity contribution in [2.45, 2.75) is 39.0 Å². The summed E-state index contributed by atoms with van der Waals surface area (Å²) in [4.78, 5) is 14.5. The summed E-state index contributed by atoms with van der Waals surface area (Å²) in [5, 5.41) is 8.71. The molecule has 1 atom stereocenters. The Labute approximate surface area is 96.5 Å². The van der Waals surface area contributed by atoms with Crippen LogP contribution in [0.4, 0.5) is 0 Å². The molecule has 1 unspecified atom stereocenters. The highest BCUT2D eigenvalue weighted by Gasteiger charge is 2.09. The summed E-state index contributed by atoms with van der Waals surface area (Å²) in [5.74, 6) is -0.893. The van der Waals surface area contributed by atoms with Gasteiger partial charge >= 0.3 is 5.97 Å². The van der Waals surface area contributed by atoms with Crippen LogP contribution in [0.3, 0.4) is 0 Å². The molecule has 0 saturated heterocycles. The van der Waals surface area contributed by atoms with E-state index in [1.54, 1.807) is 6.92 Å². The number of hydrogen-bond donors (Lipinski definition) is 1. The quantitative estimate of drug-likeness (QED) is 0.720. The van der Waals surface area contributed by atoms with E-state index in [1.807, 2.05) is 24.5 Å². The van der Waals surface area contributed by atoms with E-state index in [0.717, 1.165) is 32.1 Å². The van der Waals surface area contributed by atoms with E-state index in [-0.39, 0.29) is 5.92 Å². The molecule has 0 fully saturated rings. The van der Waals surface area contributed by atoms with Crippen LogP contribution in [0.5, 0.6) is 0 Å². The number of pyridine rings is 1. The molecular weight excluding hydrogens is 202 g/mol. The molecule has 1 heterocycles. The second-order valence-corrected chi connectivity index (χ2v) is 4.19. The van der Waals surface area contributed by atoms with Gasteiger partial charge < -0.3 is 5.11 Å². The number of carboxylic acid groups (broad SMARTS) is 1. The lowest BCUT2D eigenvalue weighted by atomic mass is 10.0. The molecule has 0 aliphatic rings. The van der Waals surface area contributed by atoms with Crippen LogP contribution in [0.1, 0.15) is 38.2 Å². The van der Waals surface area contributed by atoms with Gasteiger partial charge in [0.15, 0.2) is 0 Å². The van der Waals surface area contributed by atoms with Gasteiger partial charge in [0.1, 0.15) is 0 Å². The summed E-state index contributed by atoms with van der Waals surface area (Å²) < 4.78 is 0. The fourth-order valence-electron chi connectivity index (χ4n) is 1.63. The van der Waals surface area contributed by atoms with E-state index >= 15 is 0 Å². The maximum atomic E-state index is 10.6. The molecule has 0 amide bonds. The second kappa shape index (κ2) is 6.99. The van der Waals surface area contributed by atoms with Gasteiger partial charge in [-0.25, -0.2) is 0 Å². The number of carbonyl (C=O) groups is 1. The Hall–Kier alpha value is -1.38. The highest BCUT2D eigenvalue weighted by atomic mass is 16.4.